The molecule has 4 rings (SSSR count). The zero-order valence-corrected chi connectivity index (χ0v) is 13.8. The molecule has 3 unspecified atom stereocenters. The third-order valence-electron chi connectivity index (χ3n) is 5.32. The average Bonchev–Trinajstić information content (AvgIpc) is 2.54. The number of cyclic esters (lactones) is 1. The zero-order valence-electron chi connectivity index (χ0n) is 13.8. The Morgan fingerprint density at radius 3 is 3.13 bits per heavy atom. The number of carbonyl (C=O) groups excluding carboxylic acids is 1. The number of nitrogens with one attached hydrogen (secondary N) is 1. The molecule has 3 aliphatic heterocycles. The molecule has 1 aromatic carbocycles. The lowest BCUT2D eigenvalue weighted by Crippen LogP contribution is -2.61. The van der Waals surface area contributed by atoms with Gasteiger partial charge in [-0.1, -0.05) is 12.1 Å². The molecule has 5 heteroatoms. The van der Waals surface area contributed by atoms with Gasteiger partial charge < -0.3 is 14.8 Å². The van der Waals surface area contributed by atoms with Crippen LogP contribution < -0.4 is 5.32 Å². The van der Waals surface area contributed by atoms with Crippen molar-refractivity contribution in [3.05, 3.63) is 34.9 Å². The molecule has 2 saturated heterocycles. The quantitative estimate of drug-likeness (QED) is 0.792. The van der Waals surface area contributed by atoms with Gasteiger partial charge in [0.2, 0.25) is 0 Å². The minimum atomic E-state index is -0.312. The Morgan fingerprint density at radius 2 is 2.26 bits per heavy atom. The van der Waals surface area contributed by atoms with E-state index < -0.39 is 0 Å². The molecule has 23 heavy (non-hydrogen) atoms. The molecule has 124 valence electrons. The highest BCUT2D eigenvalue weighted by molar-refractivity contribution is 5.92. The number of nitrogens with zero attached hydrogens (tertiary/aromatic N) is 1. The molecular weight excluding hydrogens is 292 g/mol. The van der Waals surface area contributed by atoms with E-state index in [-0.39, 0.29) is 17.7 Å². The van der Waals surface area contributed by atoms with E-state index in [1.54, 1.807) is 0 Å². The van der Waals surface area contributed by atoms with Gasteiger partial charge in [0, 0.05) is 38.6 Å². The van der Waals surface area contributed by atoms with Gasteiger partial charge in [0.1, 0.15) is 11.7 Å². The summed E-state index contributed by atoms with van der Waals surface area (Å²) >= 11 is 0. The molecule has 1 N–H and O–H groups in total. The number of benzene rings is 1. The monoisotopic (exact) mass is 316 g/mol. The normalized spacial score (nSPS) is 34.4. The minimum absolute atomic E-state index is 0.0529. The summed E-state index contributed by atoms with van der Waals surface area (Å²) in [5.41, 5.74) is 2.63. The van der Waals surface area contributed by atoms with Gasteiger partial charge in [-0.25, -0.2) is 4.79 Å². The van der Waals surface area contributed by atoms with Crippen LogP contribution in [0.5, 0.6) is 0 Å². The van der Waals surface area contributed by atoms with Crippen molar-refractivity contribution < 1.29 is 14.3 Å². The van der Waals surface area contributed by atoms with Crippen molar-refractivity contribution in [1.29, 1.82) is 0 Å². The lowest BCUT2D eigenvalue weighted by atomic mass is 9.87. The predicted octanol–water partition coefficient (Wildman–Crippen LogP) is 1.31. The molecule has 3 heterocycles. The Hall–Kier alpha value is -1.43. The molecule has 3 aliphatic rings. The number of hydrogen-bond donors (Lipinski definition) is 1. The fraction of sp³-hybridized carbons (Fsp3) is 0.611. The van der Waals surface area contributed by atoms with Crippen LogP contribution in [0.4, 0.5) is 0 Å². The molecule has 2 fully saturated rings. The highest BCUT2D eigenvalue weighted by atomic mass is 16.5. The van der Waals surface area contributed by atoms with Gasteiger partial charge in [-0.15, -0.1) is 0 Å². The van der Waals surface area contributed by atoms with Crippen molar-refractivity contribution in [2.45, 2.75) is 38.0 Å². The summed E-state index contributed by atoms with van der Waals surface area (Å²) in [7, 11) is 0. The van der Waals surface area contributed by atoms with Gasteiger partial charge in [-0.2, -0.15) is 0 Å². The third-order valence-corrected chi connectivity index (χ3v) is 5.32. The van der Waals surface area contributed by atoms with Crippen LogP contribution in [0, 0.1) is 0 Å². The summed E-state index contributed by atoms with van der Waals surface area (Å²) in [5.74, 6) is -0.206. The average molecular weight is 316 g/mol. The van der Waals surface area contributed by atoms with Gasteiger partial charge >= 0.3 is 5.97 Å². The van der Waals surface area contributed by atoms with Crippen LogP contribution in [0.1, 0.15) is 35.3 Å². The van der Waals surface area contributed by atoms with Crippen LogP contribution in [0.3, 0.4) is 0 Å². The lowest BCUT2D eigenvalue weighted by molar-refractivity contribution is -0.134. The zero-order chi connectivity index (χ0) is 16.0. The first-order valence-electron chi connectivity index (χ1n) is 8.48. The lowest BCUT2D eigenvalue weighted by Gasteiger charge is -2.47. The highest BCUT2D eigenvalue weighted by Crippen LogP contribution is 2.34. The van der Waals surface area contributed by atoms with E-state index in [2.05, 4.69) is 23.2 Å². The van der Waals surface area contributed by atoms with Crippen LogP contribution in [-0.4, -0.2) is 55.8 Å². The van der Waals surface area contributed by atoms with E-state index in [0.717, 1.165) is 50.3 Å². The van der Waals surface area contributed by atoms with Crippen molar-refractivity contribution in [2.24, 2.45) is 0 Å². The van der Waals surface area contributed by atoms with Crippen LogP contribution >= 0.6 is 0 Å². The molecule has 0 aliphatic carbocycles. The van der Waals surface area contributed by atoms with Crippen LogP contribution in [0.25, 0.3) is 0 Å². The van der Waals surface area contributed by atoms with E-state index in [0.29, 0.717) is 11.6 Å². The largest absolute Gasteiger partial charge is 0.459 e. The Bertz CT molecular complexity index is 633. The molecule has 0 radical (unpaired) electrons. The second-order valence-corrected chi connectivity index (χ2v) is 7.16. The van der Waals surface area contributed by atoms with Gasteiger partial charge in [0.25, 0.3) is 0 Å². The number of rotatable bonds is 1. The number of morpholine rings is 1. The molecule has 0 bridgehead atoms. The smallest absolute Gasteiger partial charge is 0.338 e. The second-order valence-electron chi connectivity index (χ2n) is 7.16. The number of esters is 1. The molecule has 0 aromatic heterocycles. The van der Waals surface area contributed by atoms with Crippen LogP contribution in [-0.2, 0) is 21.5 Å². The Morgan fingerprint density at radius 1 is 1.39 bits per heavy atom. The van der Waals surface area contributed by atoms with Crippen molar-refractivity contribution >= 4 is 5.97 Å². The summed E-state index contributed by atoms with van der Waals surface area (Å²) in [4.78, 5) is 14.5. The molecule has 5 nitrogen and oxygen atoms in total. The number of hydrogen-bond acceptors (Lipinski definition) is 5. The maximum absolute atomic E-state index is 12.0. The molecule has 0 saturated carbocycles. The number of ether oxygens (including phenoxy) is 2. The summed E-state index contributed by atoms with van der Waals surface area (Å²) in [6, 6.07) is 6.55. The fourth-order valence-electron chi connectivity index (χ4n) is 3.95. The van der Waals surface area contributed by atoms with E-state index in [4.69, 9.17) is 9.47 Å². The fourth-order valence-corrected chi connectivity index (χ4v) is 3.95. The summed E-state index contributed by atoms with van der Waals surface area (Å²) in [6.45, 7) is 8.87. The van der Waals surface area contributed by atoms with Crippen LogP contribution in [0.2, 0.25) is 0 Å². The molecular formula is C18H24N2O3. The predicted molar refractivity (Wildman–Crippen MR) is 86.6 cm³/mol. The Kier molecular flexibility index (Phi) is 3.67. The topological polar surface area (TPSA) is 50.8 Å². The summed E-state index contributed by atoms with van der Waals surface area (Å²) in [5, 5.41) is 3.43. The summed E-state index contributed by atoms with van der Waals surface area (Å²) < 4.78 is 11.6. The van der Waals surface area contributed by atoms with Crippen LogP contribution in [0.15, 0.2) is 18.2 Å². The van der Waals surface area contributed by atoms with E-state index >= 15 is 0 Å². The first-order valence-corrected chi connectivity index (χ1v) is 8.48. The Labute approximate surface area is 136 Å². The van der Waals surface area contributed by atoms with Crippen molar-refractivity contribution in [2.75, 3.05) is 32.8 Å². The van der Waals surface area contributed by atoms with Crippen molar-refractivity contribution in [3.8, 4) is 0 Å². The first kappa shape index (κ1) is 15.1. The van der Waals surface area contributed by atoms with E-state index in [1.807, 2.05) is 19.1 Å². The highest BCUT2D eigenvalue weighted by Gasteiger charge is 2.40. The van der Waals surface area contributed by atoms with E-state index in [9.17, 15) is 4.79 Å². The molecule has 0 spiro atoms. The standard InChI is InChI=1S/C18H24N2O3/c1-12-7-13-8-14(3-4-16(13)17(21)23-12)18(2)11-20-6-5-19-9-15(20)10-22-18/h3-4,8,12,15,19H,5-7,9-11H2,1-2H3. The van der Waals surface area contributed by atoms with Crippen molar-refractivity contribution in [3.63, 3.8) is 0 Å². The number of piperazine rings is 1. The van der Waals surface area contributed by atoms with Crippen molar-refractivity contribution in [1.82, 2.24) is 10.2 Å². The molecule has 3 atom stereocenters. The maximum Gasteiger partial charge on any atom is 0.338 e. The second kappa shape index (κ2) is 5.58. The van der Waals surface area contributed by atoms with Gasteiger partial charge in [-0.3, -0.25) is 4.90 Å². The maximum atomic E-state index is 12.0. The Balaban J connectivity index is 1.62. The van der Waals surface area contributed by atoms with Gasteiger partial charge in [0.05, 0.1) is 12.2 Å². The molecule has 0 amide bonds. The number of carbonyl (C=O) groups is 1. The minimum Gasteiger partial charge on any atom is -0.459 e. The first-order chi connectivity index (χ1) is 11.0. The number of fused-ring (bicyclic) bond motifs is 2. The van der Waals surface area contributed by atoms with E-state index in [1.165, 1.54) is 0 Å². The summed E-state index contributed by atoms with van der Waals surface area (Å²) in [6.07, 6.45) is 0.726. The van der Waals surface area contributed by atoms with Gasteiger partial charge in [0.15, 0.2) is 0 Å². The SMILES string of the molecule is CC1Cc2cc(C3(C)CN4CCNCC4CO3)ccc2C(=O)O1. The van der Waals surface area contributed by atoms with Gasteiger partial charge in [-0.05, 0) is 31.0 Å². The third kappa shape index (κ3) is 2.67. The molecule has 1 aromatic rings.